The molecule has 4 aromatic rings. The zero-order valence-electron chi connectivity index (χ0n) is 14.5. The smallest absolute Gasteiger partial charge is 0.319 e. The quantitative estimate of drug-likeness (QED) is 0.445. The van der Waals surface area contributed by atoms with Gasteiger partial charge in [0.05, 0.1) is 22.4 Å². The van der Waals surface area contributed by atoms with Gasteiger partial charge in [0.25, 0.3) is 0 Å². The summed E-state index contributed by atoms with van der Waals surface area (Å²) >= 11 is 0. The lowest BCUT2D eigenvalue weighted by Crippen LogP contribution is -2.30. The summed E-state index contributed by atoms with van der Waals surface area (Å²) in [4.78, 5) is 28.0. The highest BCUT2D eigenvalue weighted by Gasteiger charge is 2.23. The van der Waals surface area contributed by atoms with Gasteiger partial charge < -0.3 is 20.6 Å². The number of urea groups is 1. The van der Waals surface area contributed by atoms with Crippen LogP contribution in [0.5, 0.6) is 0 Å². The Balaban J connectivity index is 1.56. The van der Waals surface area contributed by atoms with Crippen molar-refractivity contribution in [1.82, 2.24) is 25.3 Å². The minimum absolute atomic E-state index is 0.183. The molecule has 4 N–H and O–H groups in total. The van der Waals surface area contributed by atoms with Crippen LogP contribution in [0.2, 0.25) is 0 Å². The van der Waals surface area contributed by atoms with Crippen molar-refractivity contribution in [3.8, 4) is 22.8 Å². The van der Waals surface area contributed by atoms with E-state index in [-0.39, 0.29) is 6.03 Å². The fourth-order valence-electron chi connectivity index (χ4n) is 3.04. The molecular formula is C20H18N6O. The summed E-state index contributed by atoms with van der Waals surface area (Å²) in [5.74, 6) is 0. The minimum atomic E-state index is -0.183. The molecule has 0 unspecified atom stereocenters. The van der Waals surface area contributed by atoms with Crippen molar-refractivity contribution in [2.45, 2.75) is 18.9 Å². The number of hydrogen-bond donors (Lipinski definition) is 4. The summed E-state index contributed by atoms with van der Waals surface area (Å²) < 4.78 is 0. The average molecular weight is 358 g/mol. The number of fused-ring (bicyclic) bond motifs is 1. The number of amides is 2. The van der Waals surface area contributed by atoms with Crippen LogP contribution in [-0.4, -0.2) is 32.0 Å². The number of benzene rings is 1. The molecule has 0 saturated heterocycles. The maximum absolute atomic E-state index is 12.0. The number of rotatable bonds is 4. The maximum Gasteiger partial charge on any atom is 0.319 e. The molecule has 0 radical (unpaired) electrons. The molecule has 3 aromatic heterocycles. The molecule has 1 aliphatic carbocycles. The highest BCUT2D eigenvalue weighted by atomic mass is 16.2. The van der Waals surface area contributed by atoms with Crippen molar-refractivity contribution < 1.29 is 4.79 Å². The fourth-order valence-corrected chi connectivity index (χ4v) is 3.04. The van der Waals surface area contributed by atoms with Crippen LogP contribution in [0.15, 0.2) is 54.9 Å². The largest absolute Gasteiger partial charge is 0.360 e. The van der Waals surface area contributed by atoms with Crippen LogP contribution < -0.4 is 10.6 Å². The minimum Gasteiger partial charge on any atom is -0.360 e. The van der Waals surface area contributed by atoms with E-state index >= 15 is 0 Å². The summed E-state index contributed by atoms with van der Waals surface area (Å²) in [6, 6.07) is 13.5. The lowest BCUT2D eigenvalue weighted by atomic mass is 10.1. The Hall–Kier alpha value is -3.61. The van der Waals surface area contributed by atoms with E-state index < -0.39 is 0 Å². The number of carbonyl (C=O) groups is 1. The van der Waals surface area contributed by atoms with Crippen molar-refractivity contribution in [2.75, 3.05) is 5.32 Å². The zero-order valence-corrected chi connectivity index (χ0v) is 14.5. The first kappa shape index (κ1) is 15.6. The van der Waals surface area contributed by atoms with Crippen molar-refractivity contribution >= 4 is 22.8 Å². The second kappa shape index (κ2) is 6.28. The Morgan fingerprint density at radius 2 is 1.59 bits per heavy atom. The van der Waals surface area contributed by atoms with Crippen molar-refractivity contribution in [2.24, 2.45) is 0 Å². The summed E-state index contributed by atoms with van der Waals surface area (Å²) in [7, 11) is 0. The molecule has 134 valence electrons. The predicted octanol–water partition coefficient (Wildman–Crippen LogP) is 3.90. The number of nitrogens with one attached hydrogen (secondary N) is 4. The molecular weight excluding hydrogens is 340 g/mol. The predicted molar refractivity (Wildman–Crippen MR) is 104 cm³/mol. The molecule has 5 rings (SSSR count). The first-order chi connectivity index (χ1) is 13.3. The van der Waals surface area contributed by atoms with Crippen LogP contribution in [0.4, 0.5) is 10.5 Å². The molecule has 1 aromatic carbocycles. The van der Waals surface area contributed by atoms with Gasteiger partial charge in [0, 0.05) is 24.1 Å². The van der Waals surface area contributed by atoms with Crippen LogP contribution in [-0.2, 0) is 0 Å². The number of carbonyl (C=O) groups excluding carboxylic acids is 1. The van der Waals surface area contributed by atoms with E-state index in [9.17, 15) is 4.79 Å². The molecule has 1 fully saturated rings. The van der Waals surface area contributed by atoms with E-state index in [1.54, 1.807) is 0 Å². The van der Waals surface area contributed by atoms with E-state index in [4.69, 9.17) is 9.97 Å². The van der Waals surface area contributed by atoms with Gasteiger partial charge in [-0.05, 0) is 55.3 Å². The maximum atomic E-state index is 12.0. The number of aromatic nitrogens is 4. The Morgan fingerprint density at radius 1 is 0.926 bits per heavy atom. The van der Waals surface area contributed by atoms with E-state index in [0.29, 0.717) is 11.7 Å². The van der Waals surface area contributed by atoms with Crippen LogP contribution in [0.25, 0.3) is 33.8 Å². The van der Waals surface area contributed by atoms with Crippen LogP contribution in [0, 0.1) is 0 Å². The van der Waals surface area contributed by atoms with Crippen molar-refractivity contribution in [3.05, 3.63) is 54.9 Å². The molecule has 0 atom stereocenters. The molecule has 27 heavy (non-hydrogen) atoms. The Kier molecular flexibility index (Phi) is 3.64. The molecule has 0 aliphatic heterocycles. The van der Waals surface area contributed by atoms with Gasteiger partial charge >= 0.3 is 6.03 Å². The summed E-state index contributed by atoms with van der Waals surface area (Å²) in [5.41, 5.74) is 5.51. The third-order valence-electron chi connectivity index (χ3n) is 4.54. The number of aromatic amines is 2. The van der Waals surface area contributed by atoms with Gasteiger partial charge in [-0.3, -0.25) is 0 Å². The standard InChI is InChI=1S/C20H18N6O/c27-20(23-12-5-6-12)24-13-7-8-14-17(11-13)26-19(16-4-2-10-22-16)18(25-14)15-3-1-9-21-15/h1-4,7-12,21-22H,5-6H2,(H2,23,24,27). The summed E-state index contributed by atoms with van der Waals surface area (Å²) in [6.07, 6.45) is 5.83. The molecule has 0 spiro atoms. The van der Waals surface area contributed by atoms with Gasteiger partial charge in [-0.15, -0.1) is 0 Å². The van der Waals surface area contributed by atoms with Gasteiger partial charge in [0.15, 0.2) is 0 Å². The van der Waals surface area contributed by atoms with E-state index in [2.05, 4.69) is 20.6 Å². The van der Waals surface area contributed by atoms with E-state index in [0.717, 1.165) is 46.7 Å². The molecule has 3 heterocycles. The van der Waals surface area contributed by atoms with Crippen molar-refractivity contribution in [3.63, 3.8) is 0 Å². The molecule has 1 saturated carbocycles. The lowest BCUT2D eigenvalue weighted by Gasteiger charge is -2.10. The van der Waals surface area contributed by atoms with Gasteiger partial charge in [0.2, 0.25) is 0 Å². The second-order valence-corrected chi connectivity index (χ2v) is 6.66. The average Bonchev–Trinajstić information content (AvgIpc) is 3.15. The first-order valence-corrected chi connectivity index (χ1v) is 8.93. The number of hydrogen-bond acceptors (Lipinski definition) is 3. The lowest BCUT2D eigenvalue weighted by molar-refractivity contribution is 0.251. The molecule has 2 amide bonds. The van der Waals surface area contributed by atoms with E-state index in [1.165, 1.54) is 0 Å². The topological polar surface area (TPSA) is 98.5 Å². The van der Waals surface area contributed by atoms with Crippen LogP contribution in [0.1, 0.15) is 12.8 Å². The van der Waals surface area contributed by atoms with Crippen molar-refractivity contribution in [1.29, 1.82) is 0 Å². The fraction of sp³-hybridized carbons (Fsp3) is 0.150. The third kappa shape index (κ3) is 3.15. The van der Waals surface area contributed by atoms with Gasteiger partial charge in [-0.2, -0.15) is 0 Å². The van der Waals surface area contributed by atoms with Gasteiger partial charge in [-0.25, -0.2) is 14.8 Å². The van der Waals surface area contributed by atoms with Gasteiger partial charge in [-0.1, -0.05) is 0 Å². The van der Waals surface area contributed by atoms with Gasteiger partial charge in [0.1, 0.15) is 11.4 Å². The molecule has 7 nitrogen and oxygen atoms in total. The van der Waals surface area contributed by atoms with E-state index in [1.807, 2.05) is 54.9 Å². The number of nitrogens with zero attached hydrogens (tertiary/aromatic N) is 2. The SMILES string of the molecule is O=C(Nc1ccc2nc(-c3ccc[nH]3)c(-c3ccc[nH]3)nc2c1)NC1CC1. The first-order valence-electron chi connectivity index (χ1n) is 8.93. The zero-order chi connectivity index (χ0) is 18.2. The Bertz CT molecular complexity index is 1100. The molecule has 0 bridgehead atoms. The monoisotopic (exact) mass is 358 g/mol. The highest BCUT2D eigenvalue weighted by Crippen LogP contribution is 2.30. The normalized spacial score (nSPS) is 13.6. The summed E-state index contributed by atoms with van der Waals surface area (Å²) in [6.45, 7) is 0. The van der Waals surface area contributed by atoms with Crippen LogP contribution >= 0.6 is 0 Å². The summed E-state index contributed by atoms with van der Waals surface area (Å²) in [5, 5.41) is 5.79. The molecule has 7 heteroatoms. The molecule has 1 aliphatic rings. The second-order valence-electron chi connectivity index (χ2n) is 6.66. The third-order valence-corrected chi connectivity index (χ3v) is 4.54. The number of anilines is 1. The number of H-pyrrole nitrogens is 2. The highest BCUT2D eigenvalue weighted by molar-refractivity contribution is 5.93. The Labute approximate surface area is 155 Å². The van der Waals surface area contributed by atoms with Crippen LogP contribution in [0.3, 0.4) is 0 Å². The Morgan fingerprint density at radius 3 is 2.19 bits per heavy atom.